The largest absolute Gasteiger partial charge is 0.386 e. The number of ketones is 1. The lowest BCUT2D eigenvalue weighted by Gasteiger charge is -2.13. The maximum absolute atomic E-state index is 12.8. The fraction of sp³-hybridized carbons (Fsp3) is 0.556. The molecule has 0 saturated heterocycles. The van der Waals surface area contributed by atoms with Crippen molar-refractivity contribution in [2.24, 2.45) is 0 Å². The number of hydrogen-bond donors (Lipinski definition) is 0. The van der Waals surface area contributed by atoms with Crippen LogP contribution in [-0.2, 0) is 6.54 Å². The van der Waals surface area contributed by atoms with Crippen LogP contribution in [0.1, 0.15) is 10.5 Å². The fourth-order valence-electron chi connectivity index (χ4n) is 1.19. The lowest BCUT2D eigenvalue weighted by molar-refractivity contribution is 0.0522. The highest BCUT2D eigenvalue weighted by Gasteiger charge is 2.40. The zero-order chi connectivity index (χ0) is 13.2. The van der Waals surface area contributed by atoms with Gasteiger partial charge in [-0.05, 0) is 41.6 Å². The normalized spacial score (nSPS) is 12.2. The number of carbonyl (C=O) groups is 1. The zero-order valence-electron chi connectivity index (χ0n) is 9.25. The Morgan fingerprint density at radius 2 is 2.24 bits per heavy atom. The number of rotatable bonds is 5. The third-order valence-corrected chi connectivity index (χ3v) is 2.78. The van der Waals surface area contributed by atoms with E-state index in [0.717, 1.165) is 0 Å². The number of nitrogens with zero attached hydrogens (tertiary/aromatic N) is 3. The summed E-state index contributed by atoms with van der Waals surface area (Å²) in [6.07, 6.45) is 1.30. The van der Waals surface area contributed by atoms with Gasteiger partial charge in [0.25, 0.3) is 5.78 Å². The first-order chi connectivity index (χ1) is 7.73. The molecule has 0 unspecified atom stereocenters. The highest BCUT2D eigenvalue weighted by molar-refractivity contribution is 9.10. The van der Waals surface area contributed by atoms with Gasteiger partial charge in [-0.3, -0.25) is 9.48 Å². The Balaban J connectivity index is 2.98. The fourth-order valence-corrected chi connectivity index (χ4v) is 1.75. The van der Waals surface area contributed by atoms with E-state index in [9.17, 15) is 13.6 Å². The van der Waals surface area contributed by atoms with Gasteiger partial charge in [-0.15, -0.1) is 0 Å². The molecule has 0 aliphatic rings. The first-order valence-electron chi connectivity index (χ1n) is 4.71. The maximum Gasteiger partial charge on any atom is 0.386 e. The molecule has 1 aromatic heterocycles. The van der Waals surface area contributed by atoms with E-state index >= 15 is 0 Å². The number of halogens is 4. The van der Waals surface area contributed by atoms with Crippen LogP contribution in [0, 0.1) is 0 Å². The number of Topliss-reactive ketones (excluding diaryl/α,β-unsaturated/α-hetero) is 1. The number of aromatic nitrogens is 2. The molecule has 0 fully saturated rings. The van der Waals surface area contributed by atoms with E-state index in [1.54, 1.807) is 0 Å². The van der Waals surface area contributed by atoms with Gasteiger partial charge in [0.15, 0.2) is 0 Å². The first-order valence-corrected chi connectivity index (χ1v) is 5.88. The van der Waals surface area contributed by atoms with E-state index in [1.165, 1.54) is 10.9 Å². The van der Waals surface area contributed by atoms with Crippen molar-refractivity contribution in [3.05, 3.63) is 16.4 Å². The van der Waals surface area contributed by atoms with Crippen LogP contribution in [0.5, 0.6) is 0 Å². The molecule has 0 amide bonds. The van der Waals surface area contributed by atoms with Crippen LogP contribution < -0.4 is 0 Å². The van der Waals surface area contributed by atoms with E-state index in [2.05, 4.69) is 21.0 Å². The van der Waals surface area contributed by atoms with Crippen LogP contribution in [0.25, 0.3) is 0 Å². The summed E-state index contributed by atoms with van der Waals surface area (Å²) < 4.78 is 27.0. The van der Waals surface area contributed by atoms with Gasteiger partial charge in [0, 0.05) is 6.54 Å². The molecule has 1 rings (SSSR count). The Hall–Kier alpha value is -0.530. The monoisotopic (exact) mass is 329 g/mol. The van der Waals surface area contributed by atoms with Gasteiger partial charge in [0.2, 0.25) is 0 Å². The molecule has 1 heterocycles. The van der Waals surface area contributed by atoms with Crippen LogP contribution in [0.3, 0.4) is 0 Å². The van der Waals surface area contributed by atoms with E-state index < -0.39 is 11.2 Å². The SMILES string of the molecule is CN(C)CCn1ncc(Br)c1C(=O)C(F)(F)Cl. The van der Waals surface area contributed by atoms with Crippen molar-refractivity contribution < 1.29 is 13.6 Å². The number of carbonyl (C=O) groups excluding carboxylic acids is 1. The number of alkyl halides is 3. The van der Waals surface area contributed by atoms with Crippen molar-refractivity contribution in [1.29, 1.82) is 0 Å². The number of hydrogen-bond acceptors (Lipinski definition) is 3. The van der Waals surface area contributed by atoms with Crippen LogP contribution in [-0.4, -0.2) is 46.5 Å². The standard InChI is InChI=1S/C9H11BrClF2N3O/c1-15(2)3-4-16-7(6(10)5-14-16)8(17)9(11,12)13/h5H,3-4H2,1-2H3. The van der Waals surface area contributed by atoms with Crippen molar-refractivity contribution in [2.45, 2.75) is 11.9 Å². The summed E-state index contributed by atoms with van der Waals surface area (Å²) in [6, 6.07) is 0. The van der Waals surface area contributed by atoms with Crippen LogP contribution in [0.2, 0.25) is 0 Å². The van der Waals surface area contributed by atoms with Crippen LogP contribution in [0.4, 0.5) is 8.78 Å². The van der Waals surface area contributed by atoms with Gasteiger partial charge in [-0.2, -0.15) is 13.9 Å². The molecule has 0 aliphatic heterocycles. The molecule has 8 heteroatoms. The van der Waals surface area contributed by atoms with Crippen LogP contribution in [0.15, 0.2) is 10.7 Å². The van der Waals surface area contributed by atoms with E-state index in [-0.39, 0.29) is 10.2 Å². The predicted molar refractivity (Wildman–Crippen MR) is 63.6 cm³/mol. The van der Waals surface area contributed by atoms with Gasteiger partial charge in [-0.25, -0.2) is 0 Å². The van der Waals surface area contributed by atoms with Gasteiger partial charge < -0.3 is 4.90 Å². The van der Waals surface area contributed by atoms with Crippen molar-refractivity contribution in [3.63, 3.8) is 0 Å². The summed E-state index contributed by atoms with van der Waals surface area (Å²) in [4.78, 5) is 13.3. The third-order valence-electron chi connectivity index (χ3n) is 2.03. The summed E-state index contributed by atoms with van der Waals surface area (Å²) in [7, 11) is 3.66. The summed E-state index contributed by atoms with van der Waals surface area (Å²) >= 11 is 7.73. The first kappa shape index (κ1) is 14.5. The Labute approximate surface area is 111 Å². The van der Waals surface area contributed by atoms with E-state index in [0.29, 0.717) is 13.1 Å². The topological polar surface area (TPSA) is 38.1 Å². The zero-order valence-corrected chi connectivity index (χ0v) is 11.6. The maximum atomic E-state index is 12.8. The van der Waals surface area contributed by atoms with Gasteiger partial charge in [0.1, 0.15) is 5.69 Å². The average Bonchev–Trinajstić information content (AvgIpc) is 2.54. The van der Waals surface area contributed by atoms with Gasteiger partial charge >= 0.3 is 5.38 Å². The molecule has 0 spiro atoms. The molecule has 96 valence electrons. The molecule has 0 bridgehead atoms. The summed E-state index contributed by atoms with van der Waals surface area (Å²) in [5.74, 6) is -1.46. The van der Waals surface area contributed by atoms with E-state index in [4.69, 9.17) is 11.6 Å². The molecule has 0 atom stereocenters. The van der Waals surface area contributed by atoms with Gasteiger partial charge in [0.05, 0.1) is 17.2 Å². The van der Waals surface area contributed by atoms with Crippen molar-refractivity contribution in [2.75, 3.05) is 20.6 Å². The molecule has 0 saturated carbocycles. The van der Waals surface area contributed by atoms with Crippen LogP contribution >= 0.6 is 27.5 Å². The molecule has 4 nitrogen and oxygen atoms in total. The minimum absolute atomic E-state index is 0.210. The second-order valence-corrected chi connectivity index (χ2v) is 5.02. The molecule has 0 N–H and O–H groups in total. The lowest BCUT2D eigenvalue weighted by atomic mass is 10.3. The molecular formula is C9H11BrClF2N3O. The Morgan fingerprint density at radius 1 is 1.65 bits per heavy atom. The average molecular weight is 331 g/mol. The number of likely N-dealkylation sites (N-methyl/N-ethyl adjacent to an activating group) is 1. The minimum Gasteiger partial charge on any atom is -0.308 e. The Bertz CT molecular complexity index is 417. The highest BCUT2D eigenvalue weighted by atomic mass is 79.9. The lowest BCUT2D eigenvalue weighted by Crippen LogP contribution is -2.27. The molecule has 0 aliphatic carbocycles. The minimum atomic E-state index is -3.92. The molecule has 1 aromatic rings. The quantitative estimate of drug-likeness (QED) is 0.614. The molecular weight excluding hydrogens is 319 g/mol. The summed E-state index contributed by atoms with van der Waals surface area (Å²) in [5.41, 5.74) is -0.216. The summed E-state index contributed by atoms with van der Waals surface area (Å²) in [5, 5.41) is -0.0656. The van der Waals surface area contributed by atoms with Gasteiger partial charge in [-0.1, -0.05) is 0 Å². The summed E-state index contributed by atoms with van der Waals surface area (Å²) in [6.45, 7) is 0.898. The predicted octanol–water partition coefficient (Wildman–Crippen LogP) is 2.22. The Morgan fingerprint density at radius 3 is 2.71 bits per heavy atom. The molecule has 0 radical (unpaired) electrons. The molecule has 17 heavy (non-hydrogen) atoms. The molecule has 0 aromatic carbocycles. The third kappa shape index (κ3) is 3.72. The second kappa shape index (κ2) is 5.41. The smallest absolute Gasteiger partial charge is 0.308 e. The van der Waals surface area contributed by atoms with Crippen molar-refractivity contribution in [1.82, 2.24) is 14.7 Å². The Kier molecular flexibility index (Phi) is 4.62. The van der Waals surface area contributed by atoms with Crippen molar-refractivity contribution >= 4 is 33.3 Å². The van der Waals surface area contributed by atoms with E-state index in [1.807, 2.05) is 19.0 Å². The second-order valence-electron chi connectivity index (χ2n) is 3.69. The van der Waals surface area contributed by atoms with Crippen molar-refractivity contribution in [3.8, 4) is 0 Å². The highest BCUT2D eigenvalue weighted by Crippen LogP contribution is 2.28.